The van der Waals surface area contributed by atoms with Crippen LogP contribution in [0.4, 0.5) is 33.2 Å². The summed E-state index contributed by atoms with van der Waals surface area (Å²) >= 11 is 0. The highest BCUT2D eigenvalue weighted by Crippen LogP contribution is 2.43. The van der Waals surface area contributed by atoms with Gasteiger partial charge in [-0.05, 0) is 62.9 Å². The van der Waals surface area contributed by atoms with Crippen molar-refractivity contribution >= 4 is 45.6 Å². The smallest absolute Gasteiger partial charge is 0.254 e. The van der Waals surface area contributed by atoms with Crippen molar-refractivity contribution in [1.29, 1.82) is 5.26 Å². The lowest BCUT2D eigenvalue weighted by Gasteiger charge is -2.46. The van der Waals surface area contributed by atoms with Crippen LogP contribution >= 0.6 is 0 Å². The van der Waals surface area contributed by atoms with Gasteiger partial charge in [0.05, 0.1) is 35.8 Å². The van der Waals surface area contributed by atoms with Gasteiger partial charge in [-0.2, -0.15) is 15.3 Å². The van der Waals surface area contributed by atoms with Crippen LogP contribution < -0.4 is 15.1 Å². The lowest BCUT2D eigenvalue weighted by Crippen LogP contribution is -2.55. The Balaban J connectivity index is 1.43. The number of nitrogens with one attached hydrogen (secondary N) is 2. The molecule has 2 aliphatic rings. The first-order chi connectivity index (χ1) is 19.0. The Morgan fingerprint density at radius 1 is 1.18 bits per heavy atom. The van der Waals surface area contributed by atoms with Gasteiger partial charge in [0.1, 0.15) is 17.2 Å². The SMILES string of the molecule is CO[C@H]1CC[C@H](N2c3nc(Nc4cc(F)c5[nH]ncc5c4)ncc3N(c3cccc(C#N)c3)C(=O)[C@H]2C)CC1. The van der Waals surface area contributed by atoms with Gasteiger partial charge < -0.3 is 15.0 Å². The third kappa shape index (κ3) is 4.42. The van der Waals surface area contributed by atoms with Crippen molar-refractivity contribution in [3.8, 4) is 6.07 Å². The molecule has 0 spiro atoms. The number of nitrogens with zero attached hydrogens (tertiary/aromatic N) is 6. The zero-order valence-corrected chi connectivity index (χ0v) is 21.6. The predicted octanol–water partition coefficient (Wildman–Crippen LogP) is 4.94. The van der Waals surface area contributed by atoms with Crippen LogP contribution in [-0.4, -0.2) is 51.4 Å². The van der Waals surface area contributed by atoms with Gasteiger partial charge in [-0.3, -0.25) is 14.8 Å². The van der Waals surface area contributed by atoms with E-state index in [2.05, 4.69) is 31.5 Å². The van der Waals surface area contributed by atoms with E-state index in [9.17, 15) is 14.4 Å². The van der Waals surface area contributed by atoms with Gasteiger partial charge in [0, 0.05) is 24.2 Å². The number of carbonyl (C=O) groups is 1. The molecule has 4 aromatic rings. The summed E-state index contributed by atoms with van der Waals surface area (Å²) in [7, 11) is 1.73. The summed E-state index contributed by atoms with van der Waals surface area (Å²) in [5.41, 5.74) is 2.36. The molecule has 0 radical (unpaired) electrons. The lowest BCUT2D eigenvalue weighted by atomic mass is 9.90. The van der Waals surface area contributed by atoms with Crippen LogP contribution in [0.15, 0.2) is 48.8 Å². The Morgan fingerprint density at radius 2 is 2.00 bits per heavy atom. The van der Waals surface area contributed by atoms with Crippen molar-refractivity contribution in [2.75, 3.05) is 22.2 Å². The number of carbonyl (C=O) groups excluding carboxylic acids is 1. The number of amides is 1. The molecule has 1 saturated carbocycles. The number of rotatable bonds is 5. The predicted molar refractivity (Wildman–Crippen MR) is 145 cm³/mol. The molecule has 6 rings (SSSR count). The van der Waals surface area contributed by atoms with E-state index >= 15 is 0 Å². The molecule has 2 aromatic carbocycles. The molecule has 1 amide bonds. The Morgan fingerprint density at radius 3 is 2.77 bits per heavy atom. The number of methoxy groups -OCH3 is 1. The molecule has 1 aliphatic heterocycles. The van der Waals surface area contributed by atoms with Gasteiger partial charge in [0.15, 0.2) is 11.6 Å². The monoisotopic (exact) mass is 526 g/mol. The standard InChI is InChI=1S/C28H27FN8O2/c1-16-27(38)37(21-5-3-4-17(10-21)13-30)24-15-31-28(33-19-11-18-14-32-35-25(18)23(29)12-19)34-26(24)36(16)20-6-8-22(39-2)9-7-20/h3-5,10-12,14-16,20,22H,6-9H2,1-2H3,(H,32,35)(H,31,33,34)/t16-,20-,22-/m1/s1. The van der Waals surface area contributed by atoms with Crippen molar-refractivity contribution < 1.29 is 13.9 Å². The highest BCUT2D eigenvalue weighted by Gasteiger charge is 2.42. The molecular weight excluding hydrogens is 499 g/mol. The van der Waals surface area contributed by atoms with Crippen molar-refractivity contribution in [2.24, 2.45) is 0 Å². The molecule has 11 heteroatoms. The molecule has 1 fully saturated rings. The number of H-pyrrole nitrogens is 1. The lowest BCUT2D eigenvalue weighted by molar-refractivity contribution is -0.119. The van der Waals surface area contributed by atoms with Crippen LogP contribution in [0.3, 0.4) is 0 Å². The van der Waals surface area contributed by atoms with Gasteiger partial charge in [-0.25, -0.2) is 9.37 Å². The Hall–Kier alpha value is -4.56. The van der Waals surface area contributed by atoms with Gasteiger partial charge in [-0.1, -0.05) is 6.07 Å². The van der Waals surface area contributed by atoms with Crippen LogP contribution in [0.25, 0.3) is 10.9 Å². The van der Waals surface area contributed by atoms with Gasteiger partial charge in [0.2, 0.25) is 5.95 Å². The Labute approximate surface area is 224 Å². The third-order valence-corrected chi connectivity index (χ3v) is 7.59. The fraction of sp³-hybridized carbons (Fsp3) is 0.321. The molecule has 0 bridgehead atoms. The number of aromatic nitrogens is 4. The maximum absolute atomic E-state index is 14.6. The Kier molecular flexibility index (Phi) is 6.32. The van der Waals surface area contributed by atoms with Crippen molar-refractivity contribution in [1.82, 2.24) is 20.2 Å². The van der Waals surface area contributed by atoms with Crippen LogP contribution in [0.1, 0.15) is 38.2 Å². The molecule has 10 nitrogen and oxygen atoms in total. The van der Waals surface area contributed by atoms with Gasteiger partial charge >= 0.3 is 0 Å². The second-order valence-electron chi connectivity index (χ2n) is 9.91. The maximum atomic E-state index is 14.6. The second kappa shape index (κ2) is 9.96. The van der Waals surface area contributed by atoms with Crippen molar-refractivity contribution in [3.05, 3.63) is 60.2 Å². The molecule has 0 unspecified atom stereocenters. The van der Waals surface area contributed by atoms with Crippen LogP contribution in [0, 0.1) is 17.1 Å². The number of hydrogen-bond acceptors (Lipinski definition) is 8. The van der Waals surface area contributed by atoms with E-state index in [1.807, 2.05) is 6.92 Å². The minimum atomic E-state index is -0.505. The maximum Gasteiger partial charge on any atom is 0.254 e. The number of ether oxygens (including phenoxy) is 1. The van der Waals surface area contributed by atoms with Gasteiger partial charge in [0.25, 0.3) is 5.91 Å². The summed E-state index contributed by atoms with van der Waals surface area (Å²) in [4.78, 5) is 26.9. The number of nitriles is 1. The van der Waals surface area contributed by atoms with E-state index in [0.717, 1.165) is 25.7 Å². The number of aromatic amines is 1. The second-order valence-corrected chi connectivity index (χ2v) is 9.91. The summed E-state index contributed by atoms with van der Waals surface area (Å²) in [6.07, 6.45) is 6.86. The van der Waals surface area contributed by atoms with Crippen LogP contribution in [-0.2, 0) is 9.53 Å². The quantitative estimate of drug-likeness (QED) is 0.375. The highest BCUT2D eigenvalue weighted by atomic mass is 19.1. The summed E-state index contributed by atoms with van der Waals surface area (Å²) < 4.78 is 20.1. The Bertz CT molecular complexity index is 1590. The van der Waals surface area contributed by atoms with E-state index in [1.165, 1.54) is 6.07 Å². The number of halogens is 1. The molecule has 3 heterocycles. The first kappa shape index (κ1) is 24.8. The molecule has 2 N–H and O–H groups in total. The molecule has 1 atom stereocenters. The minimum Gasteiger partial charge on any atom is -0.381 e. The van der Waals surface area contributed by atoms with E-state index in [4.69, 9.17) is 9.72 Å². The van der Waals surface area contributed by atoms with Crippen molar-refractivity contribution in [2.45, 2.75) is 50.8 Å². The highest BCUT2D eigenvalue weighted by molar-refractivity contribution is 6.10. The molecule has 198 valence electrons. The first-order valence-electron chi connectivity index (χ1n) is 12.9. The largest absolute Gasteiger partial charge is 0.381 e. The number of anilines is 5. The normalized spacial score (nSPS) is 21.1. The zero-order valence-electron chi connectivity index (χ0n) is 21.6. The average molecular weight is 527 g/mol. The molecule has 2 aromatic heterocycles. The number of hydrogen-bond donors (Lipinski definition) is 2. The molecule has 39 heavy (non-hydrogen) atoms. The average Bonchev–Trinajstić information content (AvgIpc) is 3.44. The molecule has 0 saturated heterocycles. The minimum absolute atomic E-state index is 0.0872. The molecule has 1 aliphatic carbocycles. The number of benzene rings is 2. The summed E-state index contributed by atoms with van der Waals surface area (Å²) in [5, 5.41) is 19.7. The zero-order chi connectivity index (χ0) is 27.1. The topological polar surface area (TPSA) is 123 Å². The van der Waals surface area contributed by atoms with E-state index in [-0.39, 0.29) is 24.0 Å². The van der Waals surface area contributed by atoms with E-state index in [0.29, 0.717) is 39.3 Å². The summed E-state index contributed by atoms with van der Waals surface area (Å²) in [6.45, 7) is 1.88. The molecular formula is C28H27FN8O2. The fourth-order valence-corrected chi connectivity index (χ4v) is 5.63. The fourth-order valence-electron chi connectivity index (χ4n) is 5.63. The van der Waals surface area contributed by atoms with Crippen molar-refractivity contribution in [3.63, 3.8) is 0 Å². The van der Waals surface area contributed by atoms with E-state index < -0.39 is 11.9 Å². The summed E-state index contributed by atoms with van der Waals surface area (Å²) in [6, 6.07) is 11.8. The van der Waals surface area contributed by atoms with E-state index in [1.54, 1.807) is 54.7 Å². The summed E-state index contributed by atoms with van der Waals surface area (Å²) in [5.74, 6) is 0.319. The first-order valence-corrected chi connectivity index (χ1v) is 12.9. The van der Waals surface area contributed by atoms with Crippen LogP contribution in [0.2, 0.25) is 0 Å². The van der Waals surface area contributed by atoms with Gasteiger partial charge in [-0.15, -0.1) is 0 Å². The van der Waals surface area contributed by atoms with Crippen LogP contribution in [0.5, 0.6) is 0 Å². The third-order valence-electron chi connectivity index (χ3n) is 7.59. The number of fused-ring (bicyclic) bond motifs is 2.